The summed E-state index contributed by atoms with van der Waals surface area (Å²) in [5, 5.41) is 2.98. The van der Waals surface area contributed by atoms with Gasteiger partial charge in [-0.1, -0.05) is 29.8 Å². The van der Waals surface area contributed by atoms with E-state index < -0.39 is 0 Å². The Morgan fingerprint density at radius 3 is 2.52 bits per heavy atom. The maximum atomic E-state index is 13.3. The molecular formula is C24H25NO4. The van der Waals surface area contributed by atoms with Gasteiger partial charge in [-0.25, -0.2) is 0 Å². The van der Waals surface area contributed by atoms with Crippen LogP contribution in [-0.4, -0.2) is 25.9 Å². The number of hydrogen-bond acceptors (Lipinski definition) is 4. The molecular weight excluding hydrogens is 366 g/mol. The molecule has 0 saturated heterocycles. The van der Waals surface area contributed by atoms with Crippen molar-refractivity contribution in [2.75, 3.05) is 14.2 Å². The number of ether oxygens (including phenoxy) is 2. The van der Waals surface area contributed by atoms with E-state index in [2.05, 4.69) is 11.4 Å². The van der Waals surface area contributed by atoms with Crippen LogP contribution in [0.25, 0.3) is 0 Å². The fraction of sp³-hybridized carbons (Fsp3) is 0.333. The summed E-state index contributed by atoms with van der Waals surface area (Å²) >= 11 is 0. The molecule has 0 aromatic heterocycles. The molecule has 0 fully saturated rings. The van der Waals surface area contributed by atoms with Gasteiger partial charge in [0.05, 0.1) is 14.2 Å². The average Bonchev–Trinajstić information content (AvgIpc) is 2.72. The standard InChI is InChI=1S/C24H25NO4/c1-14-5-4-6-15(9-14)19-13-23(27)25-20-10-16(11-21(26)24(19)20)18-12-17(28-2)7-8-22(18)29-3/h4-9,12,16,19H,10-11,13H2,1-3H3,(H,25,27)/t16-,19+/m0/s1. The second-order valence-electron chi connectivity index (χ2n) is 7.75. The zero-order chi connectivity index (χ0) is 20.5. The van der Waals surface area contributed by atoms with Gasteiger partial charge in [-0.2, -0.15) is 0 Å². The Balaban J connectivity index is 1.74. The SMILES string of the molecule is COc1ccc(OC)c([C@@H]2CC(=O)C3=C(C2)NC(=O)C[C@@H]3c2cccc(C)c2)c1. The predicted molar refractivity (Wildman–Crippen MR) is 110 cm³/mol. The van der Waals surface area contributed by atoms with E-state index >= 15 is 0 Å². The number of aryl methyl sites for hydroxylation is 1. The number of carbonyl (C=O) groups is 2. The number of Topliss-reactive ketones (excluding diaryl/α,β-unsaturated/α-hetero) is 1. The molecule has 0 radical (unpaired) electrons. The number of hydrogen-bond donors (Lipinski definition) is 1. The van der Waals surface area contributed by atoms with Gasteiger partial charge < -0.3 is 14.8 Å². The summed E-state index contributed by atoms with van der Waals surface area (Å²) in [5.41, 5.74) is 4.59. The molecule has 5 nitrogen and oxygen atoms in total. The van der Waals surface area contributed by atoms with Gasteiger partial charge in [-0.05, 0) is 37.1 Å². The van der Waals surface area contributed by atoms with Crippen LogP contribution < -0.4 is 14.8 Å². The van der Waals surface area contributed by atoms with E-state index in [1.807, 2.05) is 43.3 Å². The van der Waals surface area contributed by atoms with E-state index in [1.165, 1.54) is 0 Å². The molecule has 29 heavy (non-hydrogen) atoms. The predicted octanol–water partition coefficient (Wildman–Crippen LogP) is 4.02. The molecule has 0 unspecified atom stereocenters. The van der Waals surface area contributed by atoms with Gasteiger partial charge in [0.2, 0.25) is 5.91 Å². The van der Waals surface area contributed by atoms with Gasteiger partial charge in [0.1, 0.15) is 11.5 Å². The Labute approximate surface area is 170 Å². The number of benzene rings is 2. The summed E-state index contributed by atoms with van der Waals surface area (Å²) in [5.74, 6) is 1.25. The first-order valence-electron chi connectivity index (χ1n) is 9.84. The van der Waals surface area contributed by atoms with Gasteiger partial charge in [0, 0.05) is 41.5 Å². The molecule has 1 heterocycles. The lowest BCUT2D eigenvalue weighted by Gasteiger charge is -2.35. The fourth-order valence-corrected chi connectivity index (χ4v) is 4.51. The molecule has 1 N–H and O–H groups in total. The Morgan fingerprint density at radius 2 is 1.79 bits per heavy atom. The monoisotopic (exact) mass is 391 g/mol. The van der Waals surface area contributed by atoms with Crippen molar-refractivity contribution in [3.63, 3.8) is 0 Å². The van der Waals surface area contributed by atoms with Crippen LogP contribution in [0.4, 0.5) is 0 Å². The van der Waals surface area contributed by atoms with E-state index in [-0.39, 0.29) is 23.5 Å². The first kappa shape index (κ1) is 19.2. The lowest BCUT2D eigenvalue weighted by molar-refractivity contribution is -0.122. The van der Waals surface area contributed by atoms with Gasteiger partial charge in [-0.15, -0.1) is 0 Å². The molecule has 2 aromatic carbocycles. The number of methoxy groups -OCH3 is 2. The Kier molecular flexibility index (Phi) is 5.14. The normalized spacial score (nSPS) is 21.5. The summed E-state index contributed by atoms with van der Waals surface area (Å²) in [4.78, 5) is 25.7. The summed E-state index contributed by atoms with van der Waals surface area (Å²) < 4.78 is 10.9. The zero-order valence-corrected chi connectivity index (χ0v) is 17.0. The van der Waals surface area contributed by atoms with Crippen LogP contribution in [0, 0.1) is 6.92 Å². The van der Waals surface area contributed by atoms with Crippen molar-refractivity contribution in [3.8, 4) is 11.5 Å². The van der Waals surface area contributed by atoms with Gasteiger partial charge in [-0.3, -0.25) is 9.59 Å². The highest BCUT2D eigenvalue weighted by Gasteiger charge is 2.38. The lowest BCUT2D eigenvalue weighted by atomic mass is 9.73. The summed E-state index contributed by atoms with van der Waals surface area (Å²) in [7, 11) is 3.24. The molecule has 0 saturated carbocycles. The first-order chi connectivity index (χ1) is 14.0. The van der Waals surface area contributed by atoms with Crippen molar-refractivity contribution in [1.29, 1.82) is 0 Å². The summed E-state index contributed by atoms with van der Waals surface area (Å²) in [6.45, 7) is 2.02. The smallest absolute Gasteiger partial charge is 0.225 e. The molecule has 0 bridgehead atoms. The average molecular weight is 391 g/mol. The van der Waals surface area contributed by atoms with Gasteiger partial charge >= 0.3 is 0 Å². The quantitative estimate of drug-likeness (QED) is 0.855. The summed E-state index contributed by atoms with van der Waals surface area (Å²) in [6.07, 6.45) is 1.29. The number of carbonyl (C=O) groups excluding carboxylic acids is 2. The third-order valence-corrected chi connectivity index (χ3v) is 5.86. The topological polar surface area (TPSA) is 64.6 Å². The van der Waals surface area contributed by atoms with E-state index in [9.17, 15) is 9.59 Å². The minimum Gasteiger partial charge on any atom is -0.497 e. The zero-order valence-electron chi connectivity index (χ0n) is 17.0. The third-order valence-electron chi connectivity index (χ3n) is 5.86. The number of amides is 1. The molecule has 4 rings (SSSR count). The molecule has 1 amide bonds. The molecule has 2 aliphatic rings. The van der Waals surface area contributed by atoms with E-state index in [0.717, 1.165) is 39.5 Å². The van der Waals surface area contributed by atoms with Gasteiger partial charge in [0.25, 0.3) is 0 Å². The van der Waals surface area contributed by atoms with Crippen molar-refractivity contribution in [3.05, 3.63) is 70.4 Å². The van der Waals surface area contributed by atoms with Crippen LogP contribution in [-0.2, 0) is 9.59 Å². The highest BCUT2D eigenvalue weighted by Crippen LogP contribution is 2.45. The first-order valence-corrected chi connectivity index (χ1v) is 9.84. The molecule has 150 valence electrons. The second kappa shape index (κ2) is 7.74. The van der Waals surface area contributed by atoms with Gasteiger partial charge in [0.15, 0.2) is 5.78 Å². The minimum absolute atomic E-state index is 0.0405. The van der Waals surface area contributed by atoms with Crippen molar-refractivity contribution < 1.29 is 19.1 Å². The number of nitrogens with one attached hydrogen (secondary N) is 1. The molecule has 1 aliphatic heterocycles. The largest absolute Gasteiger partial charge is 0.497 e. The molecule has 2 atom stereocenters. The number of rotatable bonds is 4. The van der Waals surface area contributed by atoms with Crippen LogP contribution in [0.5, 0.6) is 11.5 Å². The maximum absolute atomic E-state index is 13.3. The highest BCUT2D eigenvalue weighted by atomic mass is 16.5. The third kappa shape index (κ3) is 3.65. The van der Waals surface area contributed by atoms with Crippen LogP contribution in [0.3, 0.4) is 0 Å². The Hall–Kier alpha value is -3.08. The number of allylic oxidation sites excluding steroid dienone is 2. The van der Waals surface area contributed by atoms with E-state index in [4.69, 9.17) is 9.47 Å². The molecule has 1 aliphatic carbocycles. The van der Waals surface area contributed by atoms with Crippen molar-refractivity contribution in [2.24, 2.45) is 0 Å². The molecule has 0 spiro atoms. The Morgan fingerprint density at radius 1 is 0.966 bits per heavy atom. The molecule has 5 heteroatoms. The van der Waals surface area contributed by atoms with E-state index in [0.29, 0.717) is 19.3 Å². The Bertz CT molecular complexity index is 1010. The van der Waals surface area contributed by atoms with Crippen LogP contribution in [0.1, 0.15) is 47.8 Å². The van der Waals surface area contributed by atoms with Crippen LogP contribution >= 0.6 is 0 Å². The van der Waals surface area contributed by atoms with Crippen LogP contribution in [0.2, 0.25) is 0 Å². The van der Waals surface area contributed by atoms with E-state index in [1.54, 1.807) is 14.2 Å². The van der Waals surface area contributed by atoms with Crippen LogP contribution in [0.15, 0.2) is 53.7 Å². The highest BCUT2D eigenvalue weighted by molar-refractivity contribution is 6.02. The summed E-state index contributed by atoms with van der Waals surface area (Å²) in [6, 6.07) is 13.7. The fourth-order valence-electron chi connectivity index (χ4n) is 4.51. The maximum Gasteiger partial charge on any atom is 0.225 e. The van der Waals surface area contributed by atoms with Crippen molar-refractivity contribution >= 4 is 11.7 Å². The van der Waals surface area contributed by atoms with Crippen molar-refractivity contribution in [2.45, 2.75) is 38.0 Å². The second-order valence-corrected chi connectivity index (χ2v) is 7.75. The molecule has 2 aromatic rings. The van der Waals surface area contributed by atoms with Crippen molar-refractivity contribution in [1.82, 2.24) is 5.32 Å². The lowest BCUT2D eigenvalue weighted by Crippen LogP contribution is -2.38. The number of ketones is 1. The minimum atomic E-state index is -0.181.